The normalized spacial score (nSPS) is 19.9. The van der Waals surface area contributed by atoms with Crippen molar-refractivity contribution in [1.29, 1.82) is 0 Å². The monoisotopic (exact) mass is 474 g/mol. The molecule has 0 saturated heterocycles. The summed E-state index contributed by atoms with van der Waals surface area (Å²) in [6, 6.07) is 11.4. The number of fused-ring (bicyclic) bond motifs is 3. The molecule has 5 rings (SSSR count). The van der Waals surface area contributed by atoms with Gasteiger partial charge in [0.2, 0.25) is 15.7 Å². The van der Waals surface area contributed by atoms with Gasteiger partial charge in [-0.05, 0) is 24.3 Å². The van der Waals surface area contributed by atoms with Gasteiger partial charge in [0, 0.05) is 34.6 Å². The second-order valence-corrected chi connectivity index (χ2v) is 9.05. The van der Waals surface area contributed by atoms with Crippen molar-refractivity contribution in [3.8, 4) is 0 Å². The topological polar surface area (TPSA) is 116 Å². The fraction of sp³-hybridized carbons (Fsp3) is 0.0476. The summed E-state index contributed by atoms with van der Waals surface area (Å²) in [6.45, 7) is 0. The summed E-state index contributed by atoms with van der Waals surface area (Å²) in [7, 11) is -4.28. The summed E-state index contributed by atoms with van der Waals surface area (Å²) in [4.78, 5) is 24.9. The Bertz CT molecular complexity index is 1460. The van der Waals surface area contributed by atoms with Gasteiger partial charge in [-0.25, -0.2) is 21.6 Å². The molecule has 3 aromatic carbocycles. The first-order valence-electron chi connectivity index (χ1n) is 9.44. The standard InChI is InChI=1S/C21H13F3N4O4S/c22-13-8-11(9-14(23)18(13)24)25-19(29)10-5-6-16-17(7-10)33(31,32)28-21(27-16)12-3-1-2-4-15(12)26-20(21)30/h1-9,27-28H,(H,25,29)(H,26,30). The van der Waals surface area contributed by atoms with Gasteiger partial charge in [0.15, 0.2) is 17.5 Å². The van der Waals surface area contributed by atoms with Crippen molar-refractivity contribution < 1.29 is 31.2 Å². The number of hydrogen-bond acceptors (Lipinski definition) is 5. The van der Waals surface area contributed by atoms with Crippen LogP contribution in [0.1, 0.15) is 15.9 Å². The Morgan fingerprint density at radius 3 is 2.36 bits per heavy atom. The van der Waals surface area contributed by atoms with Gasteiger partial charge in [0.1, 0.15) is 4.90 Å². The van der Waals surface area contributed by atoms with Gasteiger partial charge in [0.05, 0.1) is 5.69 Å². The molecule has 0 radical (unpaired) electrons. The van der Waals surface area contributed by atoms with Crippen LogP contribution in [0.15, 0.2) is 59.5 Å². The molecule has 33 heavy (non-hydrogen) atoms. The molecule has 0 bridgehead atoms. The predicted octanol–water partition coefficient (Wildman–Crippen LogP) is 2.87. The molecule has 1 atom stereocenters. The number of nitrogens with one attached hydrogen (secondary N) is 4. The molecule has 0 aliphatic carbocycles. The van der Waals surface area contributed by atoms with E-state index in [0.717, 1.165) is 6.07 Å². The molecule has 2 aliphatic heterocycles. The van der Waals surface area contributed by atoms with Gasteiger partial charge < -0.3 is 16.0 Å². The highest BCUT2D eigenvalue weighted by molar-refractivity contribution is 7.89. The molecule has 4 N–H and O–H groups in total. The summed E-state index contributed by atoms with van der Waals surface area (Å²) in [5, 5.41) is 7.70. The highest BCUT2D eigenvalue weighted by Gasteiger charge is 2.53. The van der Waals surface area contributed by atoms with Gasteiger partial charge >= 0.3 is 0 Å². The SMILES string of the molecule is O=C(Nc1cc(F)c(F)c(F)c1)c1ccc2c(c1)S(=O)(=O)NC1(N2)C(=O)Nc2ccccc21. The highest BCUT2D eigenvalue weighted by atomic mass is 32.2. The van der Waals surface area contributed by atoms with Crippen molar-refractivity contribution in [3.63, 3.8) is 0 Å². The predicted molar refractivity (Wildman–Crippen MR) is 111 cm³/mol. The molecule has 3 aromatic rings. The van der Waals surface area contributed by atoms with Crippen molar-refractivity contribution >= 4 is 38.9 Å². The molecule has 1 unspecified atom stereocenters. The Morgan fingerprint density at radius 1 is 0.939 bits per heavy atom. The van der Waals surface area contributed by atoms with E-state index in [1.54, 1.807) is 24.3 Å². The van der Waals surface area contributed by atoms with Gasteiger partial charge in [-0.15, -0.1) is 0 Å². The number of amides is 2. The number of anilines is 3. The zero-order valence-corrected chi connectivity index (χ0v) is 17.2. The van der Waals surface area contributed by atoms with Crippen LogP contribution in [0.4, 0.5) is 30.2 Å². The Kier molecular flexibility index (Phi) is 4.48. The fourth-order valence-corrected chi connectivity index (χ4v) is 5.24. The van der Waals surface area contributed by atoms with Crippen LogP contribution < -0.4 is 20.7 Å². The number of hydrogen-bond donors (Lipinski definition) is 4. The van der Waals surface area contributed by atoms with Crippen LogP contribution in [0.25, 0.3) is 0 Å². The summed E-state index contributed by atoms with van der Waals surface area (Å²) < 4.78 is 68.4. The van der Waals surface area contributed by atoms with E-state index in [1.807, 2.05) is 0 Å². The van der Waals surface area contributed by atoms with E-state index >= 15 is 0 Å². The van der Waals surface area contributed by atoms with Crippen molar-refractivity contribution in [2.75, 3.05) is 16.0 Å². The Morgan fingerprint density at radius 2 is 1.64 bits per heavy atom. The number of sulfonamides is 1. The number of carbonyl (C=O) groups excluding carboxylic acids is 2. The van der Waals surface area contributed by atoms with Crippen LogP contribution in [0.2, 0.25) is 0 Å². The lowest BCUT2D eigenvalue weighted by Crippen LogP contribution is -2.58. The zero-order chi connectivity index (χ0) is 23.5. The first-order chi connectivity index (χ1) is 15.6. The molecule has 2 aliphatic rings. The van der Waals surface area contributed by atoms with Gasteiger partial charge in [-0.3, -0.25) is 9.59 Å². The van der Waals surface area contributed by atoms with E-state index in [0.29, 0.717) is 23.4 Å². The summed E-state index contributed by atoms with van der Waals surface area (Å²) >= 11 is 0. The van der Waals surface area contributed by atoms with Crippen LogP contribution in [0, 0.1) is 17.5 Å². The van der Waals surface area contributed by atoms with Gasteiger partial charge in [-0.1, -0.05) is 18.2 Å². The Hall–Kier alpha value is -3.90. The van der Waals surface area contributed by atoms with Crippen LogP contribution in [-0.2, 0) is 20.5 Å². The van der Waals surface area contributed by atoms with E-state index in [-0.39, 0.29) is 21.8 Å². The average Bonchev–Trinajstić information content (AvgIpc) is 3.02. The number of para-hydroxylation sites is 1. The largest absolute Gasteiger partial charge is 0.354 e. The van der Waals surface area contributed by atoms with Crippen LogP contribution in [-0.4, -0.2) is 20.2 Å². The quantitative estimate of drug-likeness (QED) is 0.427. The first kappa shape index (κ1) is 21.0. The maximum absolute atomic E-state index is 13.4. The van der Waals surface area contributed by atoms with Crippen molar-refractivity contribution in [1.82, 2.24) is 4.72 Å². The molecule has 0 fully saturated rings. The van der Waals surface area contributed by atoms with Crippen molar-refractivity contribution in [3.05, 3.63) is 83.2 Å². The molecule has 2 heterocycles. The fourth-order valence-electron chi connectivity index (χ4n) is 3.79. The van der Waals surface area contributed by atoms with Gasteiger partial charge in [0.25, 0.3) is 11.8 Å². The van der Waals surface area contributed by atoms with Crippen LogP contribution in [0.5, 0.6) is 0 Å². The Labute approximate surface area is 184 Å². The number of halogens is 3. The van der Waals surface area contributed by atoms with E-state index in [9.17, 15) is 31.2 Å². The lowest BCUT2D eigenvalue weighted by molar-refractivity contribution is -0.120. The third kappa shape index (κ3) is 3.22. The lowest BCUT2D eigenvalue weighted by Gasteiger charge is -2.35. The van der Waals surface area contributed by atoms with Gasteiger partial charge in [-0.2, -0.15) is 4.72 Å². The number of benzene rings is 3. The van der Waals surface area contributed by atoms with E-state index in [4.69, 9.17) is 0 Å². The average molecular weight is 474 g/mol. The molecular weight excluding hydrogens is 461 g/mol. The van der Waals surface area contributed by atoms with E-state index in [2.05, 4.69) is 20.7 Å². The van der Waals surface area contributed by atoms with E-state index in [1.165, 1.54) is 12.1 Å². The number of rotatable bonds is 2. The van der Waals surface area contributed by atoms with Crippen LogP contribution >= 0.6 is 0 Å². The second kappa shape index (κ2) is 7.05. The smallest absolute Gasteiger partial charge is 0.271 e. The molecule has 2 amide bonds. The Balaban J connectivity index is 1.50. The minimum absolute atomic E-state index is 0.0658. The van der Waals surface area contributed by atoms with E-state index < -0.39 is 45.0 Å². The summed E-state index contributed by atoms with van der Waals surface area (Å²) in [6.07, 6.45) is 0. The minimum Gasteiger partial charge on any atom is -0.354 e. The third-order valence-corrected chi connectivity index (χ3v) is 6.80. The summed E-state index contributed by atoms with van der Waals surface area (Å²) in [5.41, 5.74) is -1.39. The molecule has 168 valence electrons. The highest BCUT2D eigenvalue weighted by Crippen LogP contribution is 2.42. The maximum atomic E-state index is 13.4. The number of carbonyl (C=O) groups is 2. The second-order valence-electron chi connectivity index (χ2n) is 7.40. The molecule has 12 heteroatoms. The maximum Gasteiger partial charge on any atom is 0.271 e. The first-order valence-corrected chi connectivity index (χ1v) is 10.9. The van der Waals surface area contributed by atoms with Crippen molar-refractivity contribution in [2.45, 2.75) is 10.6 Å². The van der Waals surface area contributed by atoms with Crippen LogP contribution in [0.3, 0.4) is 0 Å². The zero-order valence-electron chi connectivity index (χ0n) is 16.4. The summed E-state index contributed by atoms with van der Waals surface area (Å²) in [5.74, 6) is -6.18. The van der Waals surface area contributed by atoms with Crippen molar-refractivity contribution in [2.24, 2.45) is 0 Å². The molecule has 0 aromatic heterocycles. The molecule has 8 nitrogen and oxygen atoms in total. The molecular formula is C21H13F3N4O4S. The lowest BCUT2D eigenvalue weighted by atomic mass is 10.0. The molecule has 0 saturated carbocycles. The minimum atomic E-state index is -4.28. The third-order valence-electron chi connectivity index (χ3n) is 5.30. The molecule has 1 spiro atoms.